The van der Waals surface area contributed by atoms with Gasteiger partial charge in [0.25, 0.3) is 0 Å². The third-order valence-corrected chi connectivity index (χ3v) is 4.72. The Morgan fingerprint density at radius 1 is 1.25 bits per heavy atom. The average molecular weight is 445 g/mol. The molecule has 2 amide bonds. The van der Waals surface area contributed by atoms with Crippen LogP contribution in [-0.2, 0) is 9.59 Å². The summed E-state index contributed by atoms with van der Waals surface area (Å²) in [5.74, 6) is 4.46. The molecule has 1 atom stereocenters. The van der Waals surface area contributed by atoms with Gasteiger partial charge < -0.3 is 15.0 Å². The highest BCUT2D eigenvalue weighted by atomic mass is 79.9. The van der Waals surface area contributed by atoms with Crippen LogP contribution in [0.2, 0.25) is 0 Å². The van der Waals surface area contributed by atoms with E-state index in [4.69, 9.17) is 4.74 Å². The number of nitrogens with zero attached hydrogens (tertiary/aromatic N) is 1. The number of rotatable bonds is 5. The molecule has 1 N–H and O–H groups in total. The third kappa shape index (κ3) is 5.11. The highest BCUT2D eigenvalue weighted by Gasteiger charge is 2.34. The zero-order valence-electron chi connectivity index (χ0n) is 15.0. The maximum absolute atomic E-state index is 13.4. The van der Waals surface area contributed by atoms with Gasteiger partial charge in [-0.2, -0.15) is 0 Å². The van der Waals surface area contributed by atoms with Gasteiger partial charge in [0.2, 0.25) is 11.8 Å². The number of benzene rings is 2. The SMILES string of the molecule is O=C(NCC#CCOc1ccccc1F)C1CC(=O)N(c2cccc(Br)c2)C1. The van der Waals surface area contributed by atoms with Gasteiger partial charge in [-0.25, -0.2) is 4.39 Å². The van der Waals surface area contributed by atoms with Crippen LogP contribution in [0.3, 0.4) is 0 Å². The summed E-state index contributed by atoms with van der Waals surface area (Å²) >= 11 is 3.38. The molecule has 2 aromatic carbocycles. The van der Waals surface area contributed by atoms with E-state index in [1.54, 1.807) is 17.0 Å². The van der Waals surface area contributed by atoms with Gasteiger partial charge in [-0.05, 0) is 30.3 Å². The molecule has 0 bridgehead atoms. The molecule has 5 nitrogen and oxygen atoms in total. The minimum Gasteiger partial charge on any atom is -0.478 e. The molecule has 7 heteroatoms. The van der Waals surface area contributed by atoms with Crippen molar-refractivity contribution < 1.29 is 18.7 Å². The summed E-state index contributed by atoms with van der Waals surface area (Å²) in [4.78, 5) is 26.1. The first-order valence-corrected chi connectivity index (χ1v) is 9.50. The summed E-state index contributed by atoms with van der Waals surface area (Å²) < 4.78 is 19.5. The molecule has 0 saturated carbocycles. The van der Waals surface area contributed by atoms with Crippen molar-refractivity contribution in [1.29, 1.82) is 0 Å². The maximum atomic E-state index is 13.4. The molecule has 0 spiro atoms. The first-order chi connectivity index (χ1) is 13.5. The minimum absolute atomic E-state index is 0.0232. The molecule has 3 rings (SSSR count). The second-order valence-corrected chi connectivity index (χ2v) is 7.09. The van der Waals surface area contributed by atoms with Crippen molar-refractivity contribution in [3.8, 4) is 17.6 Å². The lowest BCUT2D eigenvalue weighted by Gasteiger charge is -2.16. The number of carbonyl (C=O) groups is 2. The lowest BCUT2D eigenvalue weighted by atomic mass is 10.1. The Hall–Kier alpha value is -2.85. The van der Waals surface area contributed by atoms with E-state index in [9.17, 15) is 14.0 Å². The number of para-hydroxylation sites is 1. The number of halogens is 2. The summed E-state index contributed by atoms with van der Waals surface area (Å²) in [6, 6.07) is 13.5. The number of nitrogens with one attached hydrogen (secondary N) is 1. The van der Waals surface area contributed by atoms with E-state index in [2.05, 4.69) is 33.1 Å². The van der Waals surface area contributed by atoms with Crippen molar-refractivity contribution in [3.63, 3.8) is 0 Å². The van der Waals surface area contributed by atoms with E-state index in [0.29, 0.717) is 6.54 Å². The van der Waals surface area contributed by atoms with E-state index in [1.807, 2.05) is 24.3 Å². The molecule has 144 valence electrons. The fourth-order valence-corrected chi connectivity index (χ4v) is 3.23. The molecule has 0 aromatic heterocycles. The second kappa shape index (κ2) is 9.38. The van der Waals surface area contributed by atoms with Crippen LogP contribution in [0.15, 0.2) is 53.0 Å². The molecule has 1 saturated heterocycles. The molecule has 0 aliphatic carbocycles. The summed E-state index contributed by atoms with van der Waals surface area (Å²) in [6.45, 7) is 0.501. The predicted molar refractivity (Wildman–Crippen MR) is 107 cm³/mol. The fourth-order valence-electron chi connectivity index (χ4n) is 2.84. The molecule has 0 radical (unpaired) electrons. The Balaban J connectivity index is 1.45. The Bertz CT molecular complexity index is 938. The molecule has 1 aliphatic rings. The van der Waals surface area contributed by atoms with Crippen LogP contribution < -0.4 is 15.0 Å². The Morgan fingerprint density at radius 2 is 2.07 bits per heavy atom. The van der Waals surface area contributed by atoms with Gasteiger partial charge in [-0.15, -0.1) is 0 Å². The molecule has 1 unspecified atom stereocenters. The highest BCUT2D eigenvalue weighted by Crippen LogP contribution is 2.27. The normalized spacial score (nSPS) is 15.7. The molecule has 28 heavy (non-hydrogen) atoms. The average Bonchev–Trinajstić information content (AvgIpc) is 3.07. The van der Waals surface area contributed by atoms with Crippen LogP contribution in [0, 0.1) is 23.6 Å². The standard InChI is InChI=1S/C21H18BrFN2O3/c22-16-6-5-7-17(13-16)25-14-15(12-20(25)26)21(27)24-10-3-4-11-28-19-9-2-1-8-18(19)23/h1-2,5-9,13,15H,10-12,14H2,(H,24,27). The molecule has 2 aromatic rings. The van der Waals surface area contributed by atoms with Crippen molar-refractivity contribution in [2.24, 2.45) is 5.92 Å². The molecule has 1 heterocycles. The van der Waals surface area contributed by atoms with Crippen molar-refractivity contribution in [3.05, 3.63) is 58.8 Å². The van der Waals surface area contributed by atoms with Crippen LogP contribution in [0.1, 0.15) is 6.42 Å². The zero-order chi connectivity index (χ0) is 19.9. The van der Waals surface area contributed by atoms with Crippen molar-refractivity contribution in [2.75, 3.05) is 24.6 Å². The van der Waals surface area contributed by atoms with Crippen LogP contribution >= 0.6 is 15.9 Å². The van der Waals surface area contributed by atoms with Crippen LogP contribution in [0.25, 0.3) is 0 Å². The number of ether oxygens (including phenoxy) is 1. The zero-order valence-corrected chi connectivity index (χ0v) is 16.5. The van der Waals surface area contributed by atoms with Gasteiger partial charge >= 0.3 is 0 Å². The van der Waals surface area contributed by atoms with Crippen molar-refractivity contribution in [2.45, 2.75) is 6.42 Å². The largest absolute Gasteiger partial charge is 0.478 e. The molecule has 1 fully saturated rings. The lowest BCUT2D eigenvalue weighted by molar-refractivity contribution is -0.126. The predicted octanol–water partition coefficient (Wildman–Crippen LogP) is 3.14. The smallest absolute Gasteiger partial charge is 0.227 e. The lowest BCUT2D eigenvalue weighted by Crippen LogP contribution is -2.33. The van der Waals surface area contributed by atoms with Gasteiger partial charge in [-0.1, -0.05) is 46.0 Å². The van der Waals surface area contributed by atoms with Crippen LogP contribution in [0.5, 0.6) is 5.75 Å². The van der Waals surface area contributed by atoms with E-state index in [0.717, 1.165) is 10.2 Å². The van der Waals surface area contributed by atoms with E-state index < -0.39 is 11.7 Å². The van der Waals surface area contributed by atoms with Crippen molar-refractivity contribution >= 4 is 33.4 Å². The van der Waals surface area contributed by atoms with Gasteiger partial charge in [0.1, 0.15) is 6.61 Å². The molecular weight excluding hydrogens is 427 g/mol. The van der Waals surface area contributed by atoms with E-state index in [-0.39, 0.29) is 37.1 Å². The third-order valence-electron chi connectivity index (χ3n) is 4.23. The van der Waals surface area contributed by atoms with E-state index >= 15 is 0 Å². The van der Waals surface area contributed by atoms with Gasteiger partial charge in [0.05, 0.1) is 12.5 Å². The number of amides is 2. The van der Waals surface area contributed by atoms with E-state index in [1.165, 1.54) is 12.1 Å². The van der Waals surface area contributed by atoms with Gasteiger partial charge in [0, 0.05) is 23.1 Å². The Labute approximate surface area is 171 Å². The number of hydrogen-bond donors (Lipinski definition) is 1. The van der Waals surface area contributed by atoms with Gasteiger partial charge in [-0.3, -0.25) is 9.59 Å². The highest BCUT2D eigenvalue weighted by molar-refractivity contribution is 9.10. The monoisotopic (exact) mass is 444 g/mol. The van der Waals surface area contributed by atoms with Crippen LogP contribution in [-0.4, -0.2) is 31.5 Å². The van der Waals surface area contributed by atoms with Gasteiger partial charge in [0.15, 0.2) is 11.6 Å². The maximum Gasteiger partial charge on any atom is 0.227 e. The Kier molecular flexibility index (Phi) is 6.66. The first-order valence-electron chi connectivity index (χ1n) is 8.71. The first kappa shape index (κ1) is 19.9. The molecule has 1 aliphatic heterocycles. The number of hydrogen-bond acceptors (Lipinski definition) is 3. The number of carbonyl (C=O) groups excluding carboxylic acids is 2. The Morgan fingerprint density at radius 3 is 2.86 bits per heavy atom. The second-order valence-electron chi connectivity index (χ2n) is 6.18. The molecular formula is C21H18BrFN2O3. The van der Waals surface area contributed by atoms with Crippen LogP contribution in [0.4, 0.5) is 10.1 Å². The quantitative estimate of drug-likeness (QED) is 0.720. The summed E-state index contributed by atoms with van der Waals surface area (Å²) in [5, 5.41) is 2.71. The minimum atomic E-state index is -0.446. The summed E-state index contributed by atoms with van der Waals surface area (Å²) in [5.41, 5.74) is 0.764. The summed E-state index contributed by atoms with van der Waals surface area (Å²) in [6.07, 6.45) is 0.169. The number of anilines is 1. The summed E-state index contributed by atoms with van der Waals surface area (Å²) in [7, 11) is 0. The fraction of sp³-hybridized carbons (Fsp3) is 0.238. The van der Waals surface area contributed by atoms with Crippen molar-refractivity contribution in [1.82, 2.24) is 5.32 Å². The topological polar surface area (TPSA) is 58.6 Å².